The number of hydrogen-bond donors (Lipinski definition) is 2. The third-order valence-electron chi connectivity index (χ3n) is 12.7. The molecule has 7 aliphatic rings. The highest BCUT2D eigenvalue weighted by Crippen LogP contribution is 2.50. The van der Waals surface area contributed by atoms with E-state index >= 15 is 8.78 Å². The molecule has 9 rings (SSSR count). The maximum atomic E-state index is 17.3. The molecule has 53 heavy (non-hydrogen) atoms. The second-order valence-corrected chi connectivity index (χ2v) is 16.5. The Morgan fingerprint density at radius 1 is 1.09 bits per heavy atom. The van der Waals surface area contributed by atoms with Crippen molar-refractivity contribution in [3.8, 4) is 5.75 Å². The van der Waals surface area contributed by atoms with Crippen LogP contribution in [0.2, 0.25) is 0 Å². The summed E-state index contributed by atoms with van der Waals surface area (Å²) in [7, 11) is 0. The Kier molecular flexibility index (Phi) is 8.88. The maximum Gasteiger partial charge on any atom is 0.314 e. The van der Waals surface area contributed by atoms with Crippen LogP contribution in [0.1, 0.15) is 63.5 Å². The third-order valence-corrected chi connectivity index (χ3v) is 12.7. The molecule has 5 fully saturated rings. The van der Waals surface area contributed by atoms with Crippen molar-refractivity contribution in [1.29, 1.82) is 0 Å². The number of aliphatic imine (C=N–C) groups is 3. The van der Waals surface area contributed by atoms with E-state index in [-0.39, 0.29) is 41.7 Å². The summed E-state index contributed by atoms with van der Waals surface area (Å²) in [4.78, 5) is 19.0. The van der Waals surface area contributed by atoms with Gasteiger partial charge >= 0.3 is 6.02 Å². The van der Waals surface area contributed by atoms with E-state index in [2.05, 4.69) is 9.89 Å². The van der Waals surface area contributed by atoms with E-state index in [1.165, 1.54) is 12.1 Å². The molecule has 11 nitrogen and oxygen atoms in total. The molecule has 1 spiro atoms. The van der Waals surface area contributed by atoms with Crippen molar-refractivity contribution in [2.75, 3.05) is 59.3 Å². The van der Waals surface area contributed by atoms with Gasteiger partial charge in [0.15, 0.2) is 6.17 Å². The lowest BCUT2D eigenvalue weighted by molar-refractivity contribution is -0.184. The number of nitrogens with zero attached hydrogens (tertiary/aromatic N) is 5. The highest BCUT2D eigenvalue weighted by atomic mass is 19.1. The van der Waals surface area contributed by atoms with Crippen LogP contribution in [0.3, 0.4) is 0 Å². The van der Waals surface area contributed by atoms with Crippen LogP contribution in [-0.4, -0.2) is 132 Å². The number of rotatable bonds is 5. The van der Waals surface area contributed by atoms with Gasteiger partial charge in [-0.3, -0.25) is 9.89 Å². The monoisotopic (exact) mass is 733 g/mol. The number of alkyl halides is 1. The zero-order valence-electron chi connectivity index (χ0n) is 30.5. The van der Waals surface area contributed by atoms with Gasteiger partial charge in [0.1, 0.15) is 34.6 Å². The lowest BCUT2D eigenvalue weighted by Crippen LogP contribution is -2.56. The van der Waals surface area contributed by atoms with E-state index < -0.39 is 23.6 Å². The Hall–Kier alpha value is -3.49. The van der Waals surface area contributed by atoms with Crippen LogP contribution in [-0.2, 0) is 25.4 Å². The molecule has 0 aromatic heterocycles. The Balaban J connectivity index is 1.05. The summed E-state index contributed by atoms with van der Waals surface area (Å²) in [5, 5.41) is 22.9. The van der Waals surface area contributed by atoms with Gasteiger partial charge in [0.2, 0.25) is 0 Å². The van der Waals surface area contributed by atoms with E-state index in [1.54, 1.807) is 25.3 Å². The molecule has 0 radical (unpaired) electrons. The van der Waals surface area contributed by atoms with Crippen LogP contribution >= 0.6 is 0 Å². The van der Waals surface area contributed by atoms with Crippen LogP contribution in [0.4, 0.5) is 8.78 Å². The number of fused-ring (bicyclic) bond motifs is 3. The molecule has 2 aromatic rings. The molecule has 1 saturated carbocycles. The minimum atomic E-state index is -1.76. The number of hydrogen-bond acceptors (Lipinski definition) is 11. The van der Waals surface area contributed by atoms with Crippen LogP contribution in [0, 0.1) is 11.2 Å². The van der Waals surface area contributed by atoms with E-state index in [1.807, 2.05) is 11.8 Å². The first-order chi connectivity index (χ1) is 25.6. The van der Waals surface area contributed by atoms with Crippen LogP contribution < -0.4 is 0 Å². The summed E-state index contributed by atoms with van der Waals surface area (Å²) in [5.41, 5.74) is -0.103. The molecule has 2 aromatic carbocycles. The molecule has 6 aliphatic heterocycles. The number of aryl methyl sites for hydroxylation is 1. The number of phenols is 1. The number of ether oxygens (including phenoxy) is 4. The molecular formula is C40H49F2N5O6. The van der Waals surface area contributed by atoms with Gasteiger partial charge in [-0.1, -0.05) is 19.4 Å². The van der Waals surface area contributed by atoms with Crippen molar-refractivity contribution in [2.24, 2.45) is 20.4 Å². The molecular weight excluding hydrogens is 684 g/mol. The minimum Gasteiger partial charge on any atom is -0.508 e. The fourth-order valence-electron chi connectivity index (χ4n) is 10.1. The highest BCUT2D eigenvalue weighted by molar-refractivity contribution is 6.18. The third kappa shape index (κ3) is 6.16. The predicted molar refractivity (Wildman–Crippen MR) is 196 cm³/mol. The number of aromatic hydroxyl groups is 1. The number of piperidine rings is 1. The van der Waals surface area contributed by atoms with Gasteiger partial charge < -0.3 is 34.1 Å². The van der Waals surface area contributed by atoms with E-state index in [0.717, 1.165) is 51.7 Å². The smallest absolute Gasteiger partial charge is 0.314 e. The molecule has 13 heteroatoms. The van der Waals surface area contributed by atoms with Gasteiger partial charge in [-0.2, -0.15) is 4.99 Å². The first-order valence-electron chi connectivity index (χ1n) is 19.3. The Bertz CT molecular complexity index is 1910. The molecule has 4 saturated heterocycles. The normalized spacial score (nSPS) is 34.1. The van der Waals surface area contributed by atoms with Gasteiger partial charge in [0, 0.05) is 41.4 Å². The summed E-state index contributed by atoms with van der Waals surface area (Å²) in [5.74, 6) is -0.0171. The first-order valence-corrected chi connectivity index (χ1v) is 19.3. The van der Waals surface area contributed by atoms with Crippen LogP contribution in [0.25, 0.3) is 10.8 Å². The van der Waals surface area contributed by atoms with E-state index in [0.29, 0.717) is 84.8 Å². The average molecular weight is 734 g/mol. The summed E-state index contributed by atoms with van der Waals surface area (Å²) < 4.78 is 56.5. The number of halogens is 2. The minimum absolute atomic E-state index is 0.0567. The Labute approximate surface area is 308 Å². The number of β-amino-alcohol motifs (C(OH)–C–C–N with tert-alkyl or cyclic N) is 1. The second-order valence-electron chi connectivity index (χ2n) is 16.5. The summed E-state index contributed by atoms with van der Waals surface area (Å²) in [6.45, 7) is 8.22. The molecule has 1 aliphatic carbocycles. The fourth-order valence-corrected chi connectivity index (χ4v) is 10.1. The van der Waals surface area contributed by atoms with Gasteiger partial charge in [-0.15, -0.1) is 0 Å². The molecule has 5 unspecified atom stereocenters. The van der Waals surface area contributed by atoms with Crippen molar-refractivity contribution in [3.63, 3.8) is 0 Å². The molecule has 6 heterocycles. The summed E-state index contributed by atoms with van der Waals surface area (Å²) >= 11 is 0. The van der Waals surface area contributed by atoms with Gasteiger partial charge in [0.05, 0.1) is 51.9 Å². The lowest BCUT2D eigenvalue weighted by atomic mass is 9.74. The van der Waals surface area contributed by atoms with Gasteiger partial charge in [-0.05, 0) is 86.5 Å². The highest BCUT2D eigenvalue weighted by Gasteiger charge is 2.55. The van der Waals surface area contributed by atoms with Crippen molar-refractivity contribution in [3.05, 3.63) is 53.0 Å². The van der Waals surface area contributed by atoms with Gasteiger partial charge in [-0.25, -0.2) is 13.8 Å². The zero-order chi connectivity index (χ0) is 36.5. The van der Waals surface area contributed by atoms with Gasteiger partial charge in [0.25, 0.3) is 0 Å². The molecule has 0 bridgehead atoms. The quantitative estimate of drug-likeness (QED) is 0.454. The standard InChI is InChI=1S/C40H49F2N5O6/c1-3-27-30(41)8-7-24-14-26(48)15-28(32(24)27)34-33(42)35-29(17-43-34)36(46-12-13-50-20-38(2,49)19-46)45-37(44-35)52-21-39-9-4-6-31(39)47(11-5-10-39)25-16-40(53-18-25)22-51-23-40/h7-8,14-15,17,25,31,33,35,48-49H,3-6,9-13,16,18-23H2,1-2H3/t25?,31?,33?,35?,38-,39?/m0/s1. The zero-order valence-corrected chi connectivity index (χ0v) is 30.5. The summed E-state index contributed by atoms with van der Waals surface area (Å²) in [6.07, 6.45) is 6.51. The lowest BCUT2D eigenvalue weighted by Gasteiger charge is -2.48. The average Bonchev–Trinajstić information content (AvgIpc) is 3.74. The Morgan fingerprint density at radius 3 is 2.74 bits per heavy atom. The van der Waals surface area contributed by atoms with E-state index in [4.69, 9.17) is 28.9 Å². The molecule has 0 amide bonds. The number of likely N-dealkylation sites (tertiary alicyclic amines) is 1. The fraction of sp³-hybridized carbons (Fsp3) is 0.625. The van der Waals surface area contributed by atoms with E-state index in [9.17, 15) is 10.2 Å². The molecule has 6 atom stereocenters. The SMILES string of the molecule is CCc1c(F)ccc2cc(O)cc(C3=NC=C4C(N5CCOC[C@@](C)(O)C5)=NC(OCC56CCCC5N(C5COC7(COC7)C5)CCC6)=NC4C3F)c12. The Morgan fingerprint density at radius 2 is 1.94 bits per heavy atom. The molecule has 284 valence electrons. The molecule has 2 N–H and O–H groups in total. The van der Waals surface area contributed by atoms with Crippen LogP contribution in [0.5, 0.6) is 5.75 Å². The largest absolute Gasteiger partial charge is 0.508 e. The number of amidine groups is 2. The number of phenolic OH excluding ortho intramolecular Hbond substituents is 1. The first kappa shape index (κ1) is 35.2. The maximum absolute atomic E-state index is 17.3. The topological polar surface area (TPSA) is 121 Å². The number of aliphatic hydroxyl groups is 1. The van der Waals surface area contributed by atoms with Crippen molar-refractivity contribution in [2.45, 2.75) is 94.3 Å². The predicted octanol–water partition coefficient (Wildman–Crippen LogP) is 4.70. The summed E-state index contributed by atoms with van der Waals surface area (Å²) in [6, 6.07) is 5.71. The second kappa shape index (κ2) is 13.4. The van der Waals surface area contributed by atoms with Crippen LogP contribution in [0.15, 0.2) is 51.0 Å². The number of benzene rings is 2. The van der Waals surface area contributed by atoms with Crippen molar-refractivity contribution < 1.29 is 37.9 Å². The van der Waals surface area contributed by atoms with Crippen molar-refractivity contribution >= 4 is 28.3 Å². The van der Waals surface area contributed by atoms with Crippen molar-refractivity contribution in [1.82, 2.24) is 9.80 Å².